The van der Waals surface area contributed by atoms with Crippen molar-refractivity contribution in [3.63, 3.8) is 0 Å². The number of halogens is 1. The summed E-state index contributed by atoms with van der Waals surface area (Å²) in [4.78, 5) is 2.27. The van der Waals surface area contributed by atoms with E-state index in [0.29, 0.717) is 17.0 Å². The first-order valence-corrected chi connectivity index (χ1v) is 5.88. The Hall–Kier alpha value is -0.770. The standard InChI is InChI=1S/C12H17ClN2O/c1-15-7-8(6-14)4-12(15)10-3-2-9(16)5-11(10)13/h2-3,5,8,12,16H,4,6-7,14H2,1H3. The topological polar surface area (TPSA) is 49.5 Å². The van der Waals surface area contributed by atoms with Crippen LogP contribution in [0.3, 0.4) is 0 Å². The van der Waals surface area contributed by atoms with Gasteiger partial charge >= 0.3 is 0 Å². The van der Waals surface area contributed by atoms with Gasteiger partial charge in [0.1, 0.15) is 5.75 Å². The van der Waals surface area contributed by atoms with E-state index in [0.717, 1.165) is 25.1 Å². The maximum absolute atomic E-state index is 9.33. The molecule has 3 N–H and O–H groups in total. The zero-order valence-electron chi connectivity index (χ0n) is 9.36. The third-order valence-electron chi connectivity index (χ3n) is 3.31. The van der Waals surface area contributed by atoms with E-state index in [2.05, 4.69) is 11.9 Å². The molecule has 16 heavy (non-hydrogen) atoms. The van der Waals surface area contributed by atoms with E-state index in [-0.39, 0.29) is 5.75 Å². The summed E-state index contributed by atoms with van der Waals surface area (Å²) in [5.41, 5.74) is 6.78. The molecule has 0 radical (unpaired) electrons. The fourth-order valence-electron chi connectivity index (χ4n) is 2.43. The largest absolute Gasteiger partial charge is 0.508 e. The number of nitrogens with two attached hydrogens (primary N) is 1. The van der Waals surface area contributed by atoms with Crippen molar-refractivity contribution in [2.45, 2.75) is 12.5 Å². The Balaban J connectivity index is 2.24. The molecule has 2 rings (SSSR count). The molecule has 2 atom stereocenters. The summed E-state index contributed by atoms with van der Waals surface area (Å²) in [5, 5.41) is 9.96. The molecular weight excluding hydrogens is 224 g/mol. The second-order valence-electron chi connectivity index (χ2n) is 4.50. The molecule has 0 spiro atoms. The zero-order chi connectivity index (χ0) is 11.7. The average molecular weight is 241 g/mol. The van der Waals surface area contributed by atoms with Gasteiger partial charge in [-0.05, 0) is 43.6 Å². The van der Waals surface area contributed by atoms with E-state index in [4.69, 9.17) is 17.3 Å². The number of nitrogens with zero attached hydrogens (tertiary/aromatic N) is 1. The van der Waals surface area contributed by atoms with Crippen molar-refractivity contribution in [1.29, 1.82) is 0 Å². The van der Waals surface area contributed by atoms with Gasteiger partial charge in [-0.1, -0.05) is 17.7 Å². The first kappa shape index (κ1) is 11.7. The lowest BCUT2D eigenvalue weighted by Gasteiger charge is -2.20. The van der Waals surface area contributed by atoms with Crippen LogP contribution in [0.15, 0.2) is 18.2 Å². The minimum atomic E-state index is 0.213. The van der Waals surface area contributed by atoms with Gasteiger partial charge in [-0.2, -0.15) is 0 Å². The molecule has 88 valence electrons. The molecule has 4 heteroatoms. The Kier molecular flexibility index (Phi) is 3.38. The predicted molar refractivity (Wildman–Crippen MR) is 65.6 cm³/mol. The van der Waals surface area contributed by atoms with Crippen LogP contribution in [0.4, 0.5) is 0 Å². The minimum absolute atomic E-state index is 0.213. The van der Waals surface area contributed by atoms with E-state index >= 15 is 0 Å². The van der Waals surface area contributed by atoms with Gasteiger partial charge < -0.3 is 10.8 Å². The van der Waals surface area contributed by atoms with Crippen LogP contribution in [0, 0.1) is 5.92 Å². The first-order chi connectivity index (χ1) is 7.61. The molecule has 1 heterocycles. The SMILES string of the molecule is CN1CC(CN)CC1c1ccc(O)cc1Cl. The summed E-state index contributed by atoms with van der Waals surface area (Å²) in [6, 6.07) is 5.50. The van der Waals surface area contributed by atoms with Crippen molar-refractivity contribution < 1.29 is 5.11 Å². The summed E-state index contributed by atoms with van der Waals surface area (Å²) in [6.45, 7) is 1.73. The molecule has 0 saturated carbocycles. The quantitative estimate of drug-likeness (QED) is 0.831. The van der Waals surface area contributed by atoms with Crippen LogP contribution in [0.1, 0.15) is 18.0 Å². The van der Waals surface area contributed by atoms with Crippen molar-refractivity contribution >= 4 is 11.6 Å². The van der Waals surface area contributed by atoms with Gasteiger partial charge in [-0.3, -0.25) is 4.90 Å². The van der Waals surface area contributed by atoms with Gasteiger partial charge in [-0.15, -0.1) is 0 Å². The van der Waals surface area contributed by atoms with Gasteiger partial charge in [0, 0.05) is 17.6 Å². The fraction of sp³-hybridized carbons (Fsp3) is 0.500. The van der Waals surface area contributed by atoms with Crippen LogP contribution < -0.4 is 5.73 Å². The van der Waals surface area contributed by atoms with Crippen molar-refractivity contribution in [2.24, 2.45) is 11.7 Å². The van der Waals surface area contributed by atoms with Gasteiger partial charge in [0.15, 0.2) is 0 Å². The molecule has 0 amide bonds. The second kappa shape index (κ2) is 4.62. The second-order valence-corrected chi connectivity index (χ2v) is 4.91. The van der Waals surface area contributed by atoms with Crippen molar-refractivity contribution in [1.82, 2.24) is 4.90 Å². The third kappa shape index (κ3) is 2.17. The molecule has 1 aliphatic rings. The minimum Gasteiger partial charge on any atom is -0.508 e. The number of rotatable bonds is 2. The molecule has 1 aliphatic heterocycles. The molecule has 0 bridgehead atoms. The van der Waals surface area contributed by atoms with Crippen LogP contribution in [-0.2, 0) is 0 Å². The molecule has 1 aromatic carbocycles. The molecule has 1 aromatic rings. The lowest BCUT2D eigenvalue weighted by Crippen LogP contribution is -2.20. The Morgan fingerprint density at radius 2 is 2.31 bits per heavy atom. The molecule has 0 aromatic heterocycles. The van der Waals surface area contributed by atoms with Crippen molar-refractivity contribution in [3.05, 3.63) is 28.8 Å². The van der Waals surface area contributed by atoms with Gasteiger partial charge in [0.05, 0.1) is 0 Å². The normalized spacial score (nSPS) is 26.2. The molecule has 2 unspecified atom stereocenters. The highest BCUT2D eigenvalue weighted by Crippen LogP contribution is 2.37. The van der Waals surface area contributed by atoms with E-state index in [9.17, 15) is 5.11 Å². The number of hydrogen-bond acceptors (Lipinski definition) is 3. The number of phenolic OH excluding ortho intramolecular Hbond substituents is 1. The molecular formula is C12H17ClN2O. The Morgan fingerprint density at radius 1 is 1.56 bits per heavy atom. The number of phenols is 1. The van der Waals surface area contributed by atoms with Crippen molar-refractivity contribution in [3.8, 4) is 5.75 Å². The number of benzene rings is 1. The zero-order valence-corrected chi connectivity index (χ0v) is 10.1. The Morgan fingerprint density at radius 3 is 2.88 bits per heavy atom. The third-order valence-corrected chi connectivity index (χ3v) is 3.64. The van der Waals surface area contributed by atoms with Crippen LogP contribution in [0.2, 0.25) is 5.02 Å². The summed E-state index contributed by atoms with van der Waals surface area (Å²) in [5.74, 6) is 0.754. The first-order valence-electron chi connectivity index (χ1n) is 5.50. The van der Waals surface area contributed by atoms with Crippen molar-refractivity contribution in [2.75, 3.05) is 20.1 Å². The molecule has 3 nitrogen and oxygen atoms in total. The summed E-state index contributed by atoms with van der Waals surface area (Å²) < 4.78 is 0. The van der Waals surface area contributed by atoms with E-state index < -0.39 is 0 Å². The van der Waals surface area contributed by atoms with Crippen LogP contribution in [-0.4, -0.2) is 30.1 Å². The highest BCUT2D eigenvalue weighted by atomic mass is 35.5. The Labute approximate surface area is 101 Å². The highest BCUT2D eigenvalue weighted by molar-refractivity contribution is 6.31. The van der Waals surface area contributed by atoms with E-state index in [1.807, 2.05) is 6.07 Å². The van der Waals surface area contributed by atoms with Gasteiger partial charge in [-0.25, -0.2) is 0 Å². The molecule has 1 fully saturated rings. The van der Waals surface area contributed by atoms with E-state index in [1.54, 1.807) is 12.1 Å². The number of hydrogen-bond donors (Lipinski definition) is 2. The number of aromatic hydroxyl groups is 1. The monoisotopic (exact) mass is 240 g/mol. The van der Waals surface area contributed by atoms with E-state index in [1.165, 1.54) is 0 Å². The lowest BCUT2D eigenvalue weighted by molar-refractivity contribution is 0.313. The smallest absolute Gasteiger partial charge is 0.117 e. The maximum atomic E-state index is 9.33. The molecule has 1 saturated heterocycles. The number of likely N-dealkylation sites (tertiary alicyclic amines) is 1. The highest BCUT2D eigenvalue weighted by Gasteiger charge is 2.30. The predicted octanol–water partition coefficient (Wildman–Crippen LogP) is 2.00. The summed E-state index contributed by atoms with van der Waals surface area (Å²) >= 11 is 6.15. The fourth-order valence-corrected chi connectivity index (χ4v) is 2.73. The Bertz CT molecular complexity index is 383. The van der Waals surface area contributed by atoms with Gasteiger partial charge in [0.2, 0.25) is 0 Å². The average Bonchev–Trinajstić information content (AvgIpc) is 2.60. The lowest BCUT2D eigenvalue weighted by atomic mass is 10.00. The van der Waals surface area contributed by atoms with Crippen LogP contribution >= 0.6 is 11.6 Å². The summed E-state index contributed by atoms with van der Waals surface area (Å²) in [6.07, 6.45) is 1.04. The van der Waals surface area contributed by atoms with Gasteiger partial charge in [0.25, 0.3) is 0 Å². The van der Waals surface area contributed by atoms with Crippen LogP contribution in [0.5, 0.6) is 5.75 Å². The summed E-state index contributed by atoms with van der Waals surface area (Å²) in [7, 11) is 2.09. The van der Waals surface area contributed by atoms with Crippen LogP contribution in [0.25, 0.3) is 0 Å². The maximum Gasteiger partial charge on any atom is 0.117 e. The molecule has 0 aliphatic carbocycles.